The Morgan fingerprint density at radius 2 is 1.64 bits per heavy atom. The fourth-order valence-corrected chi connectivity index (χ4v) is 7.13. The minimum Gasteiger partial charge on any atom is -0.316 e. The number of hydrogen-bond donors (Lipinski definition) is 1. The number of nitrogens with zero attached hydrogens (tertiary/aromatic N) is 3. The smallest absolute Gasteiger partial charge is 0.316 e. The van der Waals surface area contributed by atoms with Crippen molar-refractivity contribution in [2.45, 2.75) is 49.6 Å². The summed E-state index contributed by atoms with van der Waals surface area (Å²) in [4.78, 5) is 33.5. The molecule has 0 radical (unpaired) electrons. The second-order valence-corrected chi connectivity index (χ2v) is 13.9. The molecule has 1 N–H and O–H groups in total. The maximum Gasteiger partial charge on any atom is 0.327 e. The lowest BCUT2D eigenvalue weighted by Crippen LogP contribution is -2.57. The monoisotopic (exact) mass is 552 g/mol. The van der Waals surface area contributed by atoms with E-state index in [1.165, 1.54) is 28.9 Å². The van der Waals surface area contributed by atoms with Gasteiger partial charge in [-0.05, 0) is 54.5 Å². The van der Waals surface area contributed by atoms with Crippen molar-refractivity contribution >= 4 is 21.8 Å². The van der Waals surface area contributed by atoms with Crippen LogP contribution in [-0.2, 0) is 21.2 Å². The Hall–Kier alpha value is -2.75. The number of likely N-dealkylation sites (tertiary alicyclic amines) is 1. The number of imide groups is 1. The number of carbonyl (C=O) groups excluding carboxylic acids is 2. The van der Waals surface area contributed by atoms with Crippen LogP contribution >= 0.6 is 0 Å². The first-order chi connectivity index (χ1) is 18.6. The van der Waals surface area contributed by atoms with E-state index in [1.54, 1.807) is 12.1 Å². The molecule has 3 fully saturated rings. The number of piperidine rings is 1. The van der Waals surface area contributed by atoms with Gasteiger partial charge in [0.2, 0.25) is 0 Å². The summed E-state index contributed by atoms with van der Waals surface area (Å²) in [6, 6.07) is 16.9. The number of carbonyl (C=O) groups is 2. The molecule has 39 heavy (non-hydrogen) atoms. The number of benzene rings is 2. The zero-order valence-electron chi connectivity index (χ0n) is 23.2. The number of urea groups is 1. The summed E-state index contributed by atoms with van der Waals surface area (Å²) in [5.74, 6) is 1.12. The minimum absolute atomic E-state index is 0.121. The van der Waals surface area contributed by atoms with Crippen molar-refractivity contribution in [3.8, 4) is 0 Å². The minimum atomic E-state index is -3.31. The fraction of sp³-hybridized carbons (Fsp3) is 0.533. The summed E-state index contributed by atoms with van der Waals surface area (Å²) in [6.07, 6.45) is 2.43. The average Bonchev–Trinajstić information content (AvgIpc) is 3.44. The molecule has 5 rings (SSSR count). The van der Waals surface area contributed by atoms with Crippen LogP contribution in [0.5, 0.6) is 0 Å². The van der Waals surface area contributed by atoms with Gasteiger partial charge in [0.15, 0.2) is 9.84 Å². The largest absolute Gasteiger partial charge is 0.327 e. The number of sulfone groups is 1. The van der Waals surface area contributed by atoms with Gasteiger partial charge in [-0.25, -0.2) is 13.2 Å². The molecule has 3 saturated heterocycles. The number of rotatable bonds is 8. The van der Waals surface area contributed by atoms with Crippen molar-refractivity contribution in [3.63, 3.8) is 0 Å². The first kappa shape index (κ1) is 27.8. The predicted octanol–water partition coefficient (Wildman–Crippen LogP) is 3.35. The van der Waals surface area contributed by atoms with Crippen LogP contribution in [-0.4, -0.2) is 86.1 Å². The van der Waals surface area contributed by atoms with Crippen molar-refractivity contribution < 1.29 is 18.0 Å². The molecule has 8 nitrogen and oxygen atoms in total. The molecule has 0 unspecified atom stereocenters. The van der Waals surface area contributed by atoms with Gasteiger partial charge >= 0.3 is 6.03 Å². The standard InChI is InChI=1S/C30H40N4O4S/c1-22(2)19-34-29(36)33(20-23-9-11-26(12-10-23)39(3,37)38)28(35)30(34)13-15-32(16-14-30)21-25-17-31-18-27(25)24-7-5-4-6-8-24/h4-12,22,25,27,31H,13-21H2,1-3H3/t25-,27-/m1/s1. The molecule has 0 bridgehead atoms. The Kier molecular flexibility index (Phi) is 7.86. The molecule has 2 atom stereocenters. The van der Waals surface area contributed by atoms with Crippen LogP contribution in [0, 0.1) is 11.8 Å². The van der Waals surface area contributed by atoms with Crippen LogP contribution in [0.4, 0.5) is 4.79 Å². The van der Waals surface area contributed by atoms with E-state index < -0.39 is 15.4 Å². The Bertz CT molecular complexity index is 1290. The normalized spacial score (nSPS) is 23.9. The van der Waals surface area contributed by atoms with Gasteiger partial charge in [0.05, 0.1) is 11.4 Å². The highest BCUT2D eigenvalue weighted by Crippen LogP contribution is 2.39. The summed E-state index contributed by atoms with van der Waals surface area (Å²) < 4.78 is 23.7. The molecule has 3 aliphatic heterocycles. The van der Waals surface area contributed by atoms with Gasteiger partial charge in [-0.1, -0.05) is 56.3 Å². The van der Waals surface area contributed by atoms with Gasteiger partial charge in [0.1, 0.15) is 5.54 Å². The van der Waals surface area contributed by atoms with Gasteiger partial charge in [-0.15, -0.1) is 0 Å². The van der Waals surface area contributed by atoms with Crippen molar-refractivity contribution in [2.24, 2.45) is 11.8 Å². The molecule has 0 aliphatic carbocycles. The topological polar surface area (TPSA) is 90.0 Å². The van der Waals surface area contributed by atoms with E-state index in [1.807, 2.05) is 4.90 Å². The highest BCUT2D eigenvalue weighted by atomic mass is 32.2. The zero-order chi connectivity index (χ0) is 27.8. The van der Waals surface area contributed by atoms with Crippen LogP contribution in [0.25, 0.3) is 0 Å². The van der Waals surface area contributed by atoms with Crippen LogP contribution in [0.2, 0.25) is 0 Å². The van der Waals surface area contributed by atoms with Gasteiger partial charge in [-0.2, -0.15) is 0 Å². The molecule has 0 saturated carbocycles. The first-order valence-corrected chi connectivity index (χ1v) is 15.9. The molecule has 9 heteroatoms. The SMILES string of the molecule is CC(C)CN1C(=O)N(Cc2ccc(S(C)(=O)=O)cc2)C(=O)C12CCN(C[C@H]1CNC[C@@H]1c1ccccc1)CC2. The predicted molar refractivity (Wildman–Crippen MR) is 151 cm³/mol. The van der Waals surface area contributed by atoms with Crippen LogP contribution in [0.3, 0.4) is 0 Å². The molecule has 3 heterocycles. The van der Waals surface area contributed by atoms with E-state index in [0.29, 0.717) is 31.2 Å². The molecular formula is C30H40N4O4S. The molecule has 2 aromatic carbocycles. The fourth-order valence-electron chi connectivity index (χ4n) is 6.50. The second kappa shape index (κ2) is 11.0. The van der Waals surface area contributed by atoms with E-state index in [0.717, 1.165) is 38.3 Å². The Morgan fingerprint density at radius 3 is 2.26 bits per heavy atom. The van der Waals surface area contributed by atoms with E-state index in [9.17, 15) is 18.0 Å². The van der Waals surface area contributed by atoms with E-state index in [-0.39, 0.29) is 29.3 Å². The van der Waals surface area contributed by atoms with Gasteiger partial charge in [-0.3, -0.25) is 9.69 Å². The summed E-state index contributed by atoms with van der Waals surface area (Å²) in [5.41, 5.74) is 1.31. The van der Waals surface area contributed by atoms with Crippen molar-refractivity contribution in [1.82, 2.24) is 20.0 Å². The molecule has 3 aliphatic rings. The van der Waals surface area contributed by atoms with Crippen LogP contribution < -0.4 is 5.32 Å². The molecule has 3 amide bonds. The Morgan fingerprint density at radius 1 is 0.974 bits per heavy atom. The van der Waals surface area contributed by atoms with E-state index in [2.05, 4.69) is 54.4 Å². The number of nitrogens with one attached hydrogen (secondary N) is 1. The lowest BCUT2D eigenvalue weighted by Gasteiger charge is -2.43. The maximum atomic E-state index is 13.9. The number of hydrogen-bond acceptors (Lipinski definition) is 6. The maximum absolute atomic E-state index is 13.9. The van der Waals surface area contributed by atoms with Gasteiger partial charge in [0.25, 0.3) is 5.91 Å². The lowest BCUT2D eigenvalue weighted by atomic mass is 9.83. The summed E-state index contributed by atoms with van der Waals surface area (Å²) in [6.45, 7) is 9.35. The summed E-state index contributed by atoms with van der Waals surface area (Å²) in [5, 5.41) is 3.57. The van der Waals surface area contributed by atoms with E-state index in [4.69, 9.17) is 0 Å². The third kappa shape index (κ3) is 5.62. The number of amides is 3. The molecule has 210 valence electrons. The average molecular weight is 553 g/mol. The van der Waals surface area contributed by atoms with Gasteiger partial charge in [0, 0.05) is 44.9 Å². The molecule has 1 spiro atoms. The van der Waals surface area contributed by atoms with E-state index >= 15 is 0 Å². The van der Waals surface area contributed by atoms with Crippen molar-refractivity contribution in [2.75, 3.05) is 45.5 Å². The Balaban J connectivity index is 1.29. The molecule has 0 aromatic heterocycles. The van der Waals surface area contributed by atoms with Gasteiger partial charge < -0.3 is 15.1 Å². The highest BCUT2D eigenvalue weighted by molar-refractivity contribution is 7.90. The highest BCUT2D eigenvalue weighted by Gasteiger charge is 2.57. The van der Waals surface area contributed by atoms with Crippen LogP contribution in [0.1, 0.15) is 43.7 Å². The summed E-state index contributed by atoms with van der Waals surface area (Å²) in [7, 11) is -3.31. The Labute approximate surface area is 232 Å². The molecular weight excluding hydrogens is 512 g/mol. The lowest BCUT2D eigenvalue weighted by molar-refractivity contribution is -0.136. The van der Waals surface area contributed by atoms with Crippen molar-refractivity contribution in [3.05, 3.63) is 65.7 Å². The molecule has 2 aromatic rings. The zero-order valence-corrected chi connectivity index (χ0v) is 24.0. The first-order valence-electron chi connectivity index (χ1n) is 14.0. The quantitative estimate of drug-likeness (QED) is 0.506. The summed E-state index contributed by atoms with van der Waals surface area (Å²) >= 11 is 0. The second-order valence-electron chi connectivity index (χ2n) is 11.9. The van der Waals surface area contributed by atoms with Crippen LogP contribution in [0.15, 0.2) is 59.5 Å². The third-order valence-electron chi connectivity index (χ3n) is 8.61. The van der Waals surface area contributed by atoms with Crippen molar-refractivity contribution in [1.29, 1.82) is 0 Å². The third-order valence-corrected chi connectivity index (χ3v) is 9.73.